The summed E-state index contributed by atoms with van der Waals surface area (Å²) in [7, 11) is 0. The Balaban J connectivity index is 0.980. The molecule has 0 aliphatic heterocycles. The van der Waals surface area contributed by atoms with Crippen molar-refractivity contribution in [2.45, 2.75) is 0 Å². The van der Waals surface area contributed by atoms with Crippen LogP contribution in [0.15, 0.2) is 224 Å². The number of aromatic nitrogens is 2. The first-order valence-electron chi connectivity index (χ1n) is 20.9. The molecule has 1 aromatic heterocycles. The highest BCUT2D eigenvalue weighted by Crippen LogP contribution is 2.40. The second-order valence-corrected chi connectivity index (χ2v) is 15.7. The van der Waals surface area contributed by atoms with Gasteiger partial charge in [0.2, 0.25) is 0 Å². The number of nitrogens with zero attached hydrogens (tertiary/aromatic N) is 3. The molecule has 1 heterocycles. The maximum absolute atomic E-state index is 9.37. The molecule has 0 bridgehead atoms. The number of nitriles is 1. The molecule has 0 spiro atoms. The quantitative estimate of drug-likeness (QED) is 0.119. The van der Waals surface area contributed by atoms with Gasteiger partial charge in [-0.15, -0.1) is 0 Å². The van der Waals surface area contributed by atoms with Gasteiger partial charge in [0.25, 0.3) is 0 Å². The fourth-order valence-corrected chi connectivity index (χ4v) is 8.81. The fraction of sp³-hybridized carbons (Fsp3) is 0. The molecule has 0 unspecified atom stereocenters. The molecule has 11 rings (SSSR count). The average Bonchev–Trinajstić information content (AvgIpc) is 3.36. The summed E-state index contributed by atoms with van der Waals surface area (Å²) in [5.41, 5.74) is 14.3. The van der Waals surface area contributed by atoms with Crippen LogP contribution in [0.1, 0.15) is 5.56 Å². The number of rotatable bonds is 7. The van der Waals surface area contributed by atoms with Crippen LogP contribution < -0.4 is 0 Å². The van der Waals surface area contributed by atoms with Gasteiger partial charge in [-0.1, -0.05) is 194 Å². The van der Waals surface area contributed by atoms with E-state index >= 15 is 0 Å². The van der Waals surface area contributed by atoms with E-state index in [0.29, 0.717) is 11.4 Å². The molecule has 0 saturated carbocycles. The van der Waals surface area contributed by atoms with Gasteiger partial charge >= 0.3 is 0 Å². The summed E-state index contributed by atoms with van der Waals surface area (Å²) in [5.74, 6) is 0.654. The van der Waals surface area contributed by atoms with Gasteiger partial charge in [0.05, 0.1) is 23.0 Å². The zero-order chi connectivity index (χ0) is 41.4. The van der Waals surface area contributed by atoms with Crippen LogP contribution in [0.3, 0.4) is 0 Å². The Bertz CT molecular complexity index is 3490. The van der Waals surface area contributed by atoms with Crippen LogP contribution in [0.2, 0.25) is 0 Å². The van der Waals surface area contributed by atoms with Crippen molar-refractivity contribution in [3.63, 3.8) is 0 Å². The lowest BCUT2D eigenvalue weighted by Crippen LogP contribution is -1.97. The van der Waals surface area contributed by atoms with Gasteiger partial charge in [0.1, 0.15) is 0 Å². The number of benzene rings is 10. The predicted octanol–water partition coefficient (Wildman–Crippen LogP) is 15.5. The van der Waals surface area contributed by atoms with E-state index < -0.39 is 0 Å². The van der Waals surface area contributed by atoms with Crippen LogP contribution in [-0.2, 0) is 0 Å². The van der Waals surface area contributed by atoms with Gasteiger partial charge in [-0.25, -0.2) is 9.97 Å². The molecule has 3 heteroatoms. The molecule has 0 atom stereocenters. The van der Waals surface area contributed by atoms with Gasteiger partial charge in [0.15, 0.2) is 5.82 Å². The first-order chi connectivity index (χ1) is 30.7. The van der Waals surface area contributed by atoms with Gasteiger partial charge in [-0.2, -0.15) is 5.26 Å². The van der Waals surface area contributed by atoms with Gasteiger partial charge in [-0.3, -0.25) is 0 Å². The first-order valence-corrected chi connectivity index (χ1v) is 20.9. The lowest BCUT2D eigenvalue weighted by molar-refractivity contribution is 1.18. The van der Waals surface area contributed by atoms with Crippen molar-refractivity contribution in [3.8, 4) is 84.5 Å². The molecule has 0 fully saturated rings. The second-order valence-electron chi connectivity index (χ2n) is 15.7. The number of fused-ring (bicyclic) bond motifs is 4. The maximum Gasteiger partial charge on any atom is 0.160 e. The zero-order valence-electron chi connectivity index (χ0n) is 33.7. The van der Waals surface area contributed by atoms with E-state index in [1.165, 1.54) is 43.4 Å². The standard InChI is InChI=1S/C59H37N3/c60-38-39-21-23-42(24-22-39)47-15-10-16-49(35-47)56-37-57(53-20-9-8-17-50(53)43-11-2-1-3-12-43)62-59(61-56)46-31-27-41(28-32-46)40-25-29-45(30-26-40)58-52-19-7-5-14-48(52)36-55-51-18-6-4-13-44(51)33-34-54(55)58/h1-37H. The lowest BCUT2D eigenvalue weighted by atomic mass is 9.89. The molecule has 0 amide bonds. The Labute approximate surface area is 360 Å². The predicted molar refractivity (Wildman–Crippen MR) is 257 cm³/mol. The average molecular weight is 788 g/mol. The highest BCUT2D eigenvalue weighted by atomic mass is 14.9. The monoisotopic (exact) mass is 787 g/mol. The summed E-state index contributed by atoms with van der Waals surface area (Å²) in [4.78, 5) is 10.5. The van der Waals surface area contributed by atoms with E-state index in [1.807, 2.05) is 30.3 Å². The summed E-state index contributed by atoms with van der Waals surface area (Å²) in [6, 6.07) is 81.1. The molecule has 0 N–H and O–H groups in total. The molecule has 3 nitrogen and oxygen atoms in total. The van der Waals surface area contributed by atoms with E-state index in [9.17, 15) is 5.26 Å². The summed E-state index contributed by atoms with van der Waals surface area (Å²) < 4.78 is 0. The third-order valence-electron chi connectivity index (χ3n) is 11.9. The van der Waals surface area contributed by atoms with E-state index in [4.69, 9.17) is 9.97 Å². The molecule has 11 aromatic rings. The van der Waals surface area contributed by atoms with Gasteiger partial charge < -0.3 is 0 Å². The highest BCUT2D eigenvalue weighted by Gasteiger charge is 2.16. The minimum absolute atomic E-state index is 0.638. The maximum atomic E-state index is 9.37. The largest absolute Gasteiger partial charge is 0.228 e. The fourth-order valence-electron chi connectivity index (χ4n) is 8.81. The Morgan fingerprint density at radius 3 is 1.63 bits per heavy atom. The molecule has 62 heavy (non-hydrogen) atoms. The number of hydrogen-bond acceptors (Lipinski definition) is 3. The lowest BCUT2D eigenvalue weighted by Gasteiger charge is -2.15. The van der Waals surface area contributed by atoms with E-state index in [1.54, 1.807) is 0 Å². The van der Waals surface area contributed by atoms with Gasteiger partial charge in [-0.05, 0) is 107 Å². The minimum Gasteiger partial charge on any atom is -0.228 e. The molecule has 0 aliphatic rings. The van der Waals surface area contributed by atoms with Crippen molar-refractivity contribution in [1.29, 1.82) is 5.26 Å². The third-order valence-corrected chi connectivity index (χ3v) is 11.9. The summed E-state index contributed by atoms with van der Waals surface area (Å²) >= 11 is 0. The van der Waals surface area contributed by atoms with E-state index in [2.05, 4.69) is 200 Å². The number of hydrogen-bond donors (Lipinski definition) is 0. The van der Waals surface area contributed by atoms with Crippen molar-refractivity contribution in [2.24, 2.45) is 0 Å². The van der Waals surface area contributed by atoms with Crippen LogP contribution in [-0.4, -0.2) is 9.97 Å². The molecular formula is C59H37N3. The SMILES string of the molecule is N#Cc1ccc(-c2cccc(-c3cc(-c4ccccc4-c4ccccc4)nc(-c4ccc(-c5ccc(-c6c7ccccc7cc7c6ccc6ccccc67)cc5)cc4)n3)c2)cc1. The Hall–Kier alpha value is -8.45. The molecular weight excluding hydrogens is 751 g/mol. The smallest absolute Gasteiger partial charge is 0.160 e. The summed E-state index contributed by atoms with van der Waals surface area (Å²) in [5, 5.41) is 16.9. The van der Waals surface area contributed by atoms with Crippen molar-refractivity contribution in [2.75, 3.05) is 0 Å². The normalized spacial score (nSPS) is 11.2. The molecule has 0 radical (unpaired) electrons. The molecule has 10 aromatic carbocycles. The zero-order valence-corrected chi connectivity index (χ0v) is 33.7. The van der Waals surface area contributed by atoms with Crippen molar-refractivity contribution < 1.29 is 0 Å². The topological polar surface area (TPSA) is 49.6 Å². The third kappa shape index (κ3) is 6.76. The summed E-state index contributed by atoms with van der Waals surface area (Å²) in [6.07, 6.45) is 0. The van der Waals surface area contributed by atoms with Crippen molar-refractivity contribution in [3.05, 3.63) is 230 Å². The minimum atomic E-state index is 0.638. The Kier molecular flexibility index (Phi) is 9.23. The van der Waals surface area contributed by atoms with Crippen LogP contribution in [0.4, 0.5) is 0 Å². The van der Waals surface area contributed by atoms with E-state index in [-0.39, 0.29) is 0 Å². The second kappa shape index (κ2) is 15.6. The van der Waals surface area contributed by atoms with Crippen LogP contribution >= 0.6 is 0 Å². The van der Waals surface area contributed by atoms with Crippen LogP contribution in [0, 0.1) is 11.3 Å². The summed E-state index contributed by atoms with van der Waals surface area (Å²) in [6.45, 7) is 0. The Morgan fingerprint density at radius 2 is 0.871 bits per heavy atom. The van der Waals surface area contributed by atoms with Gasteiger partial charge in [0, 0.05) is 16.7 Å². The van der Waals surface area contributed by atoms with Crippen LogP contribution in [0.25, 0.3) is 111 Å². The van der Waals surface area contributed by atoms with Crippen LogP contribution in [0.5, 0.6) is 0 Å². The molecule has 0 aliphatic carbocycles. The Morgan fingerprint density at radius 1 is 0.306 bits per heavy atom. The molecule has 0 saturated heterocycles. The van der Waals surface area contributed by atoms with E-state index in [0.717, 1.165) is 61.5 Å². The molecule has 288 valence electrons. The first kappa shape index (κ1) is 36.6. The van der Waals surface area contributed by atoms with Crippen molar-refractivity contribution in [1.82, 2.24) is 9.97 Å². The van der Waals surface area contributed by atoms with Crippen molar-refractivity contribution >= 4 is 32.3 Å². The highest BCUT2D eigenvalue weighted by molar-refractivity contribution is 6.20.